The Labute approximate surface area is 73.8 Å². The Bertz CT molecular complexity index is 191. The van der Waals surface area contributed by atoms with E-state index >= 15 is 0 Å². The van der Waals surface area contributed by atoms with Crippen LogP contribution in [0.5, 0.6) is 0 Å². The van der Waals surface area contributed by atoms with E-state index in [4.69, 9.17) is 5.73 Å². The summed E-state index contributed by atoms with van der Waals surface area (Å²) in [5.74, 6) is -1.97. The average molecular weight is 196 g/mol. The fourth-order valence-electron chi connectivity index (χ4n) is 0.621. The van der Waals surface area contributed by atoms with Crippen molar-refractivity contribution in [3.8, 4) is 0 Å². The van der Waals surface area contributed by atoms with Gasteiger partial charge in [-0.3, -0.25) is 4.79 Å². The van der Waals surface area contributed by atoms with Crippen LogP contribution < -0.4 is 11.1 Å². The molecule has 1 amide bonds. The highest BCUT2D eigenvalue weighted by Gasteiger charge is 2.38. The van der Waals surface area contributed by atoms with Gasteiger partial charge in [-0.1, -0.05) is 6.08 Å². The van der Waals surface area contributed by atoms with Gasteiger partial charge in [-0.25, -0.2) is 0 Å². The maximum atomic E-state index is 11.6. The average Bonchev–Trinajstić information content (AvgIpc) is 1.99. The summed E-state index contributed by atoms with van der Waals surface area (Å²) in [5.41, 5.74) is 5.32. The number of amides is 1. The van der Waals surface area contributed by atoms with Crippen LogP contribution in [0.3, 0.4) is 0 Å². The van der Waals surface area contributed by atoms with Crippen LogP contribution in [0.15, 0.2) is 12.7 Å². The Morgan fingerprint density at radius 2 is 2.15 bits per heavy atom. The van der Waals surface area contributed by atoms with Crippen molar-refractivity contribution >= 4 is 5.91 Å². The zero-order valence-electron chi connectivity index (χ0n) is 6.90. The third kappa shape index (κ3) is 5.24. The number of nitrogens with two attached hydrogens (primary N) is 1. The van der Waals surface area contributed by atoms with E-state index in [1.54, 1.807) is 5.32 Å². The van der Waals surface area contributed by atoms with Gasteiger partial charge in [0, 0.05) is 12.6 Å². The number of nitrogens with one attached hydrogen (secondary N) is 1. The summed E-state index contributed by atoms with van der Waals surface area (Å²) in [6, 6.07) is -0.524. The van der Waals surface area contributed by atoms with Crippen molar-refractivity contribution in [1.29, 1.82) is 0 Å². The highest BCUT2D eigenvalue weighted by molar-refractivity contribution is 5.81. The van der Waals surface area contributed by atoms with Crippen LogP contribution in [0.25, 0.3) is 0 Å². The zero-order chi connectivity index (χ0) is 10.5. The summed E-state index contributed by atoms with van der Waals surface area (Å²) in [7, 11) is 0. The molecule has 3 nitrogen and oxygen atoms in total. The number of hydrogen-bond acceptors (Lipinski definition) is 2. The van der Waals surface area contributed by atoms with Gasteiger partial charge in [0.2, 0.25) is 0 Å². The van der Waals surface area contributed by atoms with Gasteiger partial charge < -0.3 is 11.1 Å². The Morgan fingerprint density at radius 3 is 2.54 bits per heavy atom. The van der Waals surface area contributed by atoms with Crippen LogP contribution >= 0.6 is 0 Å². The number of alkyl halides is 3. The quantitative estimate of drug-likeness (QED) is 0.646. The van der Waals surface area contributed by atoms with Gasteiger partial charge in [0.1, 0.15) is 0 Å². The first-order valence-corrected chi connectivity index (χ1v) is 3.59. The lowest BCUT2D eigenvalue weighted by Crippen LogP contribution is -2.43. The molecule has 76 valence electrons. The van der Waals surface area contributed by atoms with Gasteiger partial charge in [-0.05, 0) is 6.42 Å². The molecule has 0 saturated carbocycles. The predicted octanol–water partition coefficient (Wildman–Crippen LogP) is 0.568. The lowest BCUT2D eigenvalue weighted by molar-refractivity contribution is -0.173. The second-order valence-corrected chi connectivity index (χ2v) is 2.49. The van der Waals surface area contributed by atoms with Crippen molar-refractivity contribution < 1.29 is 18.0 Å². The monoisotopic (exact) mass is 196 g/mol. The van der Waals surface area contributed by atoms with E-state index in [2.05, 4.69) is 6.58 Å². The number of carbonyl (C=O) groups is 1. The number of rotatable bonds is 4. The summed E-state index contributed by atoms with van der Waals surface area (Å²) in [6.45, 7) is 3.16. The lowest BCUT2D eigenvalue weighted by atomic mass is 10.2. The second-order valence-electron chi connectivity index (χ2n) is 2.49. The molecule has 0 rings (SSSR count). The van der Waals surface area contributed by atoms with Gasteiger partial charge in [0.05, 0.1) is 0 Å². The minimum atomic E-state index is -4.84. The van der Waals surface area contributed by atoms with E-state index in [0.29, 0.717) is 6.42 Å². The van der Waals surface area contributed by atoms with Gasteiger partial charge in [-0.15, -0.1) is 6.58 Å². The fourth-order valence-corrected chi connectivity index (χ4v) is 0.621. The molecule has 0 fully saturated rings. The Hall–Kier alpha value is -1.04. The predicted molar refractivity (Wildman–Crippen MR) is 41.9 cm³/mol. The standard InChI is InChI=1S/C7H11F3N2O/c1-2-3-5(11)4-12-6(13)7(8,9)10/h2,5H,1,3-4,11H2,(H,12,13). The molecule has 0 spiro atoms. The van der Waals surface area contributed by atoms with Crippen molar-refractivity contribution in [2.75, 3.05) is 6.54 Å². The van der Waals surface area contributed by atoms with Gasteiger partial charge in [-0.2, -0.15) is 13.2 Å². The number of hydrogen-bond donors (Lipinski definition) is 2. The molecule has 6 heteroatoms. The van der Waals surface area contributed by atoms with E-state index < -0.39 is 18.1 Å². The first-order valence-electron chi connectivity index (χ1n) is 3.59. The van der Waals surface area contributed by atoms with Gasteiger partial charge in [0.15, 0.2) is 0 Å². The molecule has 0 saturated heterocycles. The first kappa shape index (κ1) is 12.0. The molecule has 1 unspecified atom stereocenters. The van der Waals surface area contributed by atoms with Crippen molar-refractivity contribution in [2.24, 2.45) is 5.73 Å². The van der Waals surface area contributed by atoms with Crippen LogP contribution in [0.4, 0.5) is 13.2 Å². The molecule has 0 aliphatic rings. The molecule has 0 aliphatic carbocycles. The smallest absolute Gasteiger partial charge is 0.347 e. The summed E-state index contributed by atoms with van der Waals surface area (Å²) >= 11 is 0. The van der Waals surface area contributed by atoms with Gasteiger partial charge >= 0.3 is 12.1 Å². The van der Waals surface area contributed by atoms with E-state index in [0.717, 1.165) is 0 Å². The molecule has 3 N–H and O–H groups in total. The molecule has 0 aromatic rings. The maximum absolute atomic E-state index is 11.6. The Balaban J connectivity index is 3.76. The molecule has 0 radical (unpaired) electrons. The molecular weight excluding hydrogens is 185 g/mol. The summed E-state index contributed by atoms with van der Waals surface area (Å²) < 4.78 is 34.8. The molecule has 13 heavy (non-hydrogen) atoms. The third-order valence-corrected chi connectivity index (χ3v) is 1.25. The van der Waals surface area contributed by atoms with Crippen LogP contribution in [-0.4, -0.2) is 24.7 Å². The van der Waals surface area contributed by atoms with Crippen LogP contribution in [0.1, 0.15) is 6.42 Å². The van der Waals surface area contributed by atoms with E-state index in [1.807, 2.05) is 0 Å². The zero-order valence-corrected chi connectivity index (χ0v) is 6.90. The van der Waals surface area contributed by atoms with Crippen LogP contribution in [0.2, 0.25) is 0 Å². The molecule has 0 aliphatic heterocycles. The topological polar surface area (TPSA) is 55.1 Å². The number of halogens is 3. The summed E-state index contributed by atoms with van der Waals surface area (Å²) in [6.07, 6.45) is -3.00. The van der Waals surface area contributed by atoms with Gasteiger partial charge in [0.25, 0.3) is 0 Å². The van der Waals surface area contributed by atoms with E-state index in [9.17, 15) is 18.0 Å². The molecule has 1 atom stereocenters. The van der Waals surface area contributed by atoms with Crippen molar-refractivity contribution in [2.45, 2.75) is 18.6 Å². The van der Waals surface area contributed by atoms with E-state index in [-0.39, 0.29) is 6.54 Å². The fraction of sp³-hybridized carbons (Fsp3) is 0.571. The maximum Gasteiger partial charge on any atom is 0.471 e. The van der Waals surface area contributed by atoms with Crippen molar-refractivity contribution in [3.63, 3.8) is 0 Å². The molecule has 0 aromatic heterocycles. The molecule has 0 heterocycles. The first-order chi connectivity index (χ1) is 5.88. The number of carbonyl (C=O) groups excluding carboxylic acids is 1. The van der Waals surface area contributed by atoms with Crippen LogP contribution in [0, 0.1) is 0 Å². The van der Waals surface area contributed by atoms with Crippen molar-refractivity contribution in [1.82, 2.24) is 5.32 Å². The highest BCUT2D eigenvalue weighted by atomic mass is 19.4. The Kier molecular flexibility index (Phi) is 4.47. The molecular formula is C7H11F3N2O. The largest absolute Gasteiger partial charge is 0.471 e. The minimum Gasteiger partial charge on any atom is -0.347 e. The summed E-state index contributed by atoms with van der Waals surface area (Å²) in [5, 5.41) is 1.67. The van der Waals surface area contributed by atoms with Crippen molar-refractivity contribution in [3.05, 3.63) is 12.7 Å². The van der Waals surface area contributed by atoms with Crippen LogP contribution in [-0.2, 0) is 4.79 Å². The lowest BCUT2D eigenvalue weighted by Gasteiger charge is -2.11. The van der Waals surface area contributed by atoms with E-state index in [1.165, 1.54) is 6.08 Å². The second kappa shape index (κ2) is 4.86. The Morgan fingerprint density at radius 1 is 1.62 bits per heavy atom. The minimum absolute atomic E-state index is 0.204. The highest BCUT2D eigenvalue weighted by Crippen LogP contribution is 2.13. The molecule has 0 aromatic carbocycles. The SMILES string of the molecule is C=CCC(N)CNC(=O)C(F)(F)F. The third-order valence-electron chi connectivity index (χ3n) is 1.25. The summed E-state index contributed by atoms with van der Waals surface area (Å²) in [4.78, 5) is 10.3. The normalized spacial score (nSPS) is 13.5. The molecule has 0 bridgehead atoms.